The fourth-order valence-corrected chi connectivity index (χ4v) is 2.77. The first-order valence-electron chi connectivity index (χ1n) is 7.60. The molecule has 22 heavy (non-hydrogen) atoms. The van der Waals surface area contributed by atoms with E-state index in [-0.39, 0.29) is 5.78 Å². The highest BCUT2D eigenvalue weighted by atomic mass is 16.1. The predicted octanol–water partition coefficient (Wildman–Crippen LogP) is 4.19. The number of fused-ring (bicyclic) bond motifs is 1. The first-order valence-corrected chi connectivity index (χ1v) is 7.60. The summed E-state index contributed by atoms with van der Waals surface area (Å²) in [4.78, 5) is 18.0. The second-order valence-corrected chi connectivity index (χ2v) is 5.52. The van der Waals surface area contributed by atoms with E-state index in [2.05, 4.69) is 41.9 Å². The predicted molar refractivity (Wildman–Crippen MR) is 91.7 cm³/mol. The van der Waals surface area contributed by atoms with Crippen LogP contribution in [-0.4, -0.2) is 23.9 Å². The molecule has 3 rings (SSSR count). The third-order valence-corrected chi connectivity index (χ3v) is 3.97. The minimum Gasteiger partial charge on any atom is -0.364 e. The molecular formula is C19H20N2O. The van der Waals surface area contributed by atoms with Crippen LogP contribution in [0, 0.1) is 6.92 Å². The highest BCUT2D eigenvalue weighted by Gasteiger charge is 2.15. The normalized spacial score (nSPS) is 10.8. The SMILES string of the molecule is CCN(CC(=O)c1c[nH]c2ccccc12)c1cccc(C)c1. The monoisotopic (exact) mass is 292 g/mol. The molecule has 1 aromatic heterocycles. The number of Topliss-reactive ketones (excluding diaryl/α,β-unsaturated/α-hetero) is 1. The molecule has 3 aromatic rings. The summed E-state index contributed by atoms with van der Waals surface area (Å²) in [6, 6.07) is 16.2. The second kappa shape index (κ2) is 6.06. The standard InChI is InChI=1S/C19H20N2O/c1-3-21(15-8-6-7-14(2)11-15)13-19(22)17-12-20-18-10-5-4-9-16(17)18/h4-12,20H,3,13H2,1-2H3. The van der Waals surface area contributed by atoms with Crippen LogP contribution >= 0.6 is 0 Å². The van der Waals surface area contributed by atoms with Crippen LogP contribution in [0.3, 0.4) is 0 Å². The van der Waals surface area contributed by atoms with Gasteiger partial charge < -0.3 is 9.88 Å². The molecule has 0 unspecified atom stereocenters. The Morgan fingerprint density at radius 2 is 1.95 bits per heavy atom. The van der Waals surface area contributed by atoms with Crippen LogP contribution in [-0.2, 0) is 0 Å². The van der Waals surface area contributed by atoms with Gasteiger partial charge in [-0.25, -0.2) is 0 Å². The molecule has 0 aliphatic heterocycles. The average Bonchev–Trinajstić information content (AvgIpc) is 2.96. The molecule has 0 fully saturated rings. The van der Waals surface area contributed by atoms with Crippen LogP contribution in [0.1, 0.15) is 22.8 Å². The van der Waals surface area contributed by atoms with Gasteiger partial charge in [0.15, 0.2) is 5.78 Å². The molecule has 112 valence electrons. The van der Waals surface area contributed by atoms with E-state index in [0.717, 1.165) is 28.7 Å². The number of benzene rings is 2. The highest BCUT2D eigenvalue weighted by Crippen LogP contribution is 2.20. The number of carbonyl (C=O) groups is 1. The van der Waals surface area contributed by atoms with E-state index >= 15 is 0 Å². The molecule has 0 amide bonds. The van der Waals surface area contributed by atoms with Gasteiger partial charge in [0.2, 0.25) is 0 Å². The van der Waals surface area contributed by atoms with Gasteiger partial charge in [-0.1, -0.05) is 30.3 Å². The van der Waals surface area contributed by atoms with Crippen molar-refractivity contribution in [2.75, 3.05) is 18.0 Å². The first-order chi connectivity index (χ1) is 10.7. The molecule has 0 aliphatic rings. The van der Waals surface area contributed by atoms with Crippen molar-refractivity contribution in [3.05, 3.63) is 65.9 Å². The Labute approximate surface area is 130 Å². The Morgan fingerprint density at radius 1 is 1.14 bits per heavy atom. The molecule has 0 atom stereocenters. The quantitative estimate of drug-likeness (QED) is 0.716. The molecule has 1 N–H and O–H groups in total. The van der Waals surface area contributed by atoms with Crippen molar-refractivity contribution >= 4 is 22.4 Å². The molecule has 0 aliphatic carbocycles. The minimum atomic E-state index is 0.140. The van der Waals surface area contributed by atoms with Crippen LogP contribution < -0.4 is 4.90 Å². The van der Waals surface area contributed by atoms with Gasteiger partial charge in [0, 0.05) is 34.9 Å². The summed E-state index contributed by atoms with van der Waals surface area (Å²) >= 11 is 0. The Morgan fingerprint density at radius 3 is 2.73 bits per heavy atom. The summed E-state index contributed by atoms with van der Waals surface area (Å²) in [5.41, 5.74) is 4.07. The van der Waals surface area contributed by atoms with E-state index in [1.165, 1.54) is 5.56 Å². The number of aryl methyl sites for hydroxylation is 1. The van der Waals surface area contributed by atoms with Gasteiger partial charge in [-0.15, -0.1) is 0 Å². The van der Waals surface area contributed by atoms with Gasteiger partial charge >= 0.3 is 0 Å². The molecule has 3 heteroatoms. The molecule has 0 saturated heterocycles. The zero-order valence-corrected chi connectivity index (χ0v) is 13.0. The van der Waals surface area contributed by atoms with Crippen molar-refractivity contribution in [2.24, 2.45) is 0 Å². The lowest BCUT2D eigenvalue weighted by Gasteiger charge is -2.22. The van der Waals surface area contributed by atoms with Crippen LogP contribution in [0.5, 0.6) is 0 Å². The van der Waals surface area contributed by atoms with E-state index in [9.17, 15) is 4.79 Å². The Bertz CT molecular complexity index is 804. The molecule has 0 spiro atoms. The Hall–Kier alpha value is -2.55. The maximum Gasteiger partial charge on any atom is 0.184 e. The van der Waals surface area contributed by atoms with Gasteiger partial charge in [-0.05, 0) is 37.6 Å². The number of carbonyl (C=O) groups excluding carboxylic acids is 1. The summed E-state index contributed by atoms with van der Waals surface area (Å²) in [5, 5.41) is 0.993. The topological polar surface area (TPSA) is 36.1 Å². The molecular weight excluding hydrogens is 272 g/mol. The van der Waals surface area contributed by atoms with E-state index in [4.69, 9.17) is 0 Å². The van der Waals surface area contributed by atoms with Crippen LogP contribution in [0.25, 0.3) is 10.9 Å². The van der Waals surface area contributed by atoms with E-state index in [1.54, 1.807) is 0 Å². The largest absolute Gasteiger partial charge is 0.364 e. The lowest BCUT2D eigenvalue weighted by molar-refractivity contribution is 0.100. The van der Waals surface area contributed by atoms with Crippen molar-refractivity contribution < 1.29 is 4.79 Å². The second-order valence-electron chi connectivity index (χ2n) is 5.52. The van der Waals surface area contributed by atoms with Crippen LogP contribution in [0.2, 0.25) is 0 Å². The number of nitrogens with one attached hydrogen (secondary N) is 1. The zero-order valence-electron chi connectivity index (χ0n) is 13.0. The maximum atomic E-state index is 12.7. The summed E-state index contributed by atoms with van der Waals surface area (Å²) in [6.07, 6.45) is 1.82. The van der Waals surface area contributed by atoms with Gasteiger partial charge in [0.05, 0.1) is 6.54 Å². The summed E-state index contributed by atoms with van der Waals surface area (Å²) in [5.74, 6) is 0.140. The Kier molecular flexibility index (Phi) is 3.96. The summed E-state index contributed by atoms with van der Waals surface area (Å²) < 4.78 is 0. The van der Waals surface area contributed by atoms with E-state index in [0.29, 0.717) is 6.54 Å². The number of hydrogen-bond acceptors (Lipinski definition) is 2. The number of aromatic amines is 1. The number of hydrogen-bond donors (Lipinski definition) is 1. The number of likely N-dealkylation sites (N-methyl/N-ethyl adjacent to an activating group) is 1. The number of nitrogens with zero attached hydrogens (tertiary/aromatic N) is 1. The van der Waals surface area contributed by atoms with E-state index in [1.807, 2.05) is 36.5 Å². The number of aromatic nitrogens is 1. The number of rotatable bonds is 5. The lowest BCUT2D eigenvalue weighted by atomic mass is 10.1. The van der Waals surface area contributed by atoms with Crippen molar-refractivity contribution in [2.45, 2.75) is 13.8 Å². The molecule has 0 bridgehead atoms. The fourth-order valence-electron chi connectivity index (χ4n) is 2.77. The summed E-state index contributed by atoms with van der Waals surface area (Å²) in [7, 11) is 0. The molecule has 0 radical (unpaired) electrons. The molecule has 2 aromatic carbocycles. The minimum absolute atomic E-state index is 0.140. The van der Waals surface area contributed by atoms with Gasteiger partial charge in [0.1, 0.15) is 0 Å². The smallest absolute Gasteiger partial charge is 0.184 e. The molecule has 1 heterocycles. The van der Waals surface area contributed by atoms with Crippen molar-refractivity contribution in [3.63, 3.8) is 0 Å². The zero-order chi connectivity index (χ0) is 15.5. The maximum absolute atomic E-state index is 12.7. The Balaban J connectivity index is 1.86. The van der Waals surface area contributed by atoms with Gasteiger partial charge in [-0.3, -0.25) is 4.79 Å². The van der Waals surface area contributed by atoms with Gasteiger partial charge in [0.25, 0.3) is 0 Å². The van der Waals surface area contributed by atoms with Crippen molar-refractivity contribution in [1.29, 1.82) is 0 Å². The lowest BCUT2D eigenvalue weighted by Crippen LogP contribution is -2.29. The summed E-state index contributed by atoms with van der Waals surface area (Å²) in [6.45, 7) is 5.34. The first kappa shape index (κ1) is 14.4. The number of para-hydroxylation sites is 1. The van der Waals surface area contributed by atoms with Crippen LogP contribution in [0.15, 0.2) is 54.7 Å². The third-order valence-electron chi connectivity index (χ3n) is 3.97. The van der Waals surface area contributed by atoms with Crippen molar-refractivity contribution in [3.8, 4) is 0 Å². The molecule has 3 nitrogen and oxygen atoms in total. The molecule has 0 saturated carbocycles. The number of ketones is 1. The van der Waals surface area contributed by atoms with Crippen LogP contribution in [0.4, 0.5) is 5.69 Å². The van der Waals surface area contributed by atoms with Gasteiger partial charge in [-0.2, -0.15) is 0 Å². The fraction of sp³-hybridized carbons (Fsp3) is 0.211. The number of anilines is 1. The average molecular weight is 292 g/mol. The number of H-pyrrole nitrogens is 1. The van der Waals surface area contributed by atoms with E-state index < -0.39 is 0 Å². The van der Waals surface area contributed by atoms with Crippen molar-refractivity contribution in [1.82, 2.24) is 4.98 Å². The highest BCUT2D eigenvalue weighted by molar-refractivity contribution is 6.09. The third kappa shape index (κ3) is 2.75.